The van der Waals surface area contributed by atoms with Crippen LogP contribution in [0.25, 0.3) is 16.9 Å². The standard InChI is InChI=1S/C17H14BrClN4/c1-10-14(19)3-2-4-15(10)23-17-13(5-6-21-17)16(22-23)11-7-12(18)9-20-8-11/h2-4,7-9,21H,5-6H2,1H3. The van der Waals surface area contributed by atoms with Gasteiger partial charge in [-0.25, -0.2) is 4.68 Å². The number of aromatic nitrogens is 3. The molecule has 0 saturated heterocycles. The number of nitrogens with one attached hydrogen (secondary N) is 1. The lowest BCUT2D eigenvalue weighted by molar-refractivity contribution is 0.875. The molecule has 0 radical (unpaired) electrons. The van der Waals surface area contributed by atoms with Crippen LogP contribution in [-0.2, 0) is 6.42 Å². The lowest BCUT2D eigenvalue weighted by Crippen LogP contribution is -2.05. The second-order valence-corrected chi connectivity index (χ2v) is 6.86. The van der Waals surface area contributed by atoms with Crippen LogP contribution < -0.4 is 5.32 Å². The third-order valence-electron chi connectivity index (χ3n) is 4.10. The van der Waals surface area contributed by atoms with Crippen molar-refractivity contribution in [3.05, 3.63) is 57.3 Å². The molecule has 0 aliphatic carbocycles. The summed E-state index contributed by atoms with van der Waals surface area (Å²) in [5, 5.41) is 9.04. The van der Waals surface area contributed by atoms with E-state index in [0.29, 0.717) is 0 Å². The summed E-state index contributed by atoms with van der Waals surface area (Å²) in [6.45, 7) is 2.93. The molecule has 1 N–H and O–H groups in total. The van der Waals surface area contributed by atoms with E-state index in [1.54, 1.807) is 6.20 Å². The van der Waals surface area contributed by atoms with Gasteiger partial charge in [0.25, 0.3) is 0 Å². The molecule has 2 aromatic heterocycles. The smallest absolute Gasteiger partial charge is 0.133 e. The van der Waals surface area contributed by atoms with Crippen LogP contribution in [0.3, 0.4) is 0 Å². The molecule has 116 valence electrons. The molecule has 0 amide bonds. The molecule has 0 fully saturated rings. The molecule has 1 aromatic carbocycles. The molecular formula is C17H14BrClN4. The van der Waals surface area contributed by atoms with E-state index in [1.807, 2.05) is 42.1 Å². The van der Waals surface area contributed by atoms with Gasteiger partial charge in [-0.2, -0.15) is 5.10 Å². The first-order valence-electron chi connectivity index (χ1n) is 7.37. The van der Waals surface area contributed by atoms with E-state index in [2.05, 4.69) is 26.2 Å². The number of fused-ring (bicyclic) bond motifs is 1. The Morgan fingerprint density at radius 3 is 3.00 bits per heavy atom. The van der Waals surface area contributed by atoms with Crippen LogP contribution in [0.2, 0.25) is 5.02 Å². The number of nitrogens with zero attached hydrogens (tertiary/aromatic N) is 3. The van der Waals surface area contributed by atoms with Gasteiger partial charge in [-0.15, -0.1) is 0 Å². The fraction of sp³-hybridized carbons (Fsp3) is 0.176. The Kier molecular flexibility index (Phi) is 3.62. The molecule has 0 saturated carbocycles. The lowest BCUT2D eigenvalue weighted by Gasteiger charge is -2.10. The van der Waals surface area contributed by atoms with Crippen molar-refractivity contribution < 1.29 is 0 Å². The van der Waals surface area contributed by atoms with E-state index in [0.717, 1.165) is 50.8 Å². The number of benzene rings is 1. The Hall–Kier alpha value is -1.85. The molecule has 23 heavy (non-hydrogen) atoms. The predicted octanol–water partition coefficient (Wildman–Crippen LogP) is 4.63. The molecule has 6 heteroatoms. The number of halogens is 2. The second kappa shape index (κ2) is 5.65. The zero-order valence-electron chi connectivity index (χ0n) is 12.5. The highest BCUT2D eigenvalue weighted by molar-refractivity contribution is 9.10. The third kappa shape index (κ3) is 2.44. The number of hydrogen-bond acceptors (Lipinski definition) is 3. The first-order chi connectivity index (χ1) is 11.1. The summed E-state index contributed by atoms with van der Waals surface area (Å²) in [5.74, 6) is 1.05. The molecule has 1 aliphatic heterocycles. The summed E-state index contributed by atoms with van der Waals surface area (Å²) in [4.78, 5) is 4.26. The van der Waals surface area contributed by atoms with Crippen LogP contribution in [0.4, 0.5) is 5.82 Å². The van der Waals surface area contributed by atoms with Crippen molar-refractivity contribution in [2.75, 3.05) is 11.9 Å². The highest BCUT2D eigenvalue weighted by atomic mass is 79.9. The highest BCUT2D eigenvalue weighted by Gasteiger charge is 2.25. The van der Waals surface area contributed by atoms with E-state index in [1.165, 1.54) is 5.56 Å². The van der Waals surface area contributed by atoms with Gasteiger partial charge in [-0.05, 0) is 53.0 Å². The second-order valence-electron chi connectivity index (χ2n) is 5.54. The van der Waals surface area contributed by atoms with E-state index < -0.39 is 0 Å². The van der Waals surface area contributed by atoms with Gasteiger partial charge >= 0.3 is 0 Å². The van der Waals surface area contributed by atoms with E-state index in [4.69, 9.17) is 16.7 Å². The first kappa shape index (κ1) is 14.7. The predicted molar refractivity (Wildman–Crippen MR) is 96.4 cm³/mol. The SMILES string of the molecule is Cc1c(Cl)cccc1-n1nc(-c2cncc(Br)c2)c2c1NCC2. The Morgan fingerprint density at radius 2 is 2.17 bits per heavy atom. The third-order valence-corrected chi connectivity index (χ3v) is 4.94. The Morgan fingerprint density at radius 1 is 1.30 bits per heavy atom. The lowest BCUT2D eigenvalue weighted by atomic mass is 10.1. The zero-order valence-corrected chi connectivity index (χ0v) is 14.8. The molecule has 0 atom stereocenters. The van der Waals surface area contributed by atoms with Crippen LogP contribution in [-0.4, -0.2) is 21.3 Å². The minimum absolute atomic E-state index is 0.746. The normalized spacial score (nSPS) is 13.0. The Bertz CT molecular complexity index is 904. The maximum Gasteiger partial charge on any atom is 0.133 e. The Labute approximate surface area is 147 Å². The van der Waals surface area contributed by atoms with Gasteiger partial charge < -0.3 is 5.32 Å². The Balaban J connectivity index is 1.93. The van der Waals surface area contributed by atoms with Crippen LogP contribution >= 0.6 is 27.5 Å². The molecule has 0 unspecified atom stereocenters. The van der Waals surface area contributed by atoms with Crippen LogP contribution in [0.5, 0.6) is 0 Å². The van der Waals surface area contributed by atoms with E-state index >= 15 is 0 Å². The first-order valence-corrected chi connectivity index (χ1v) is 8.54. The molecule has 4 nitrogen and oxygen atoms in total. The monoisotopic (exact) mass is 388 g/mol. The van der Waals surface area contributed by atoms with Crippen LogP contribution in [0.1, 0.15) is 11.1 Å². The van der Waals surface area contributed by atoms with Crippen molar-refractivity contribution in [3.63, 3.8) is 0 Å². The fourth-order valence-electron chi connectivity index (χ4n) is 2.95. The van der Waals surface area contributed by atoms with E-state index in [-0.39, 0.29) is 0 Å². The molecule has 4 rings (SSSR count). The summed E-state index contributed by atoms with van der Waals surface area (Å²) in [7, 11) is 0. The fourth-order valence-corrected chi connectivity index (χ4v) is 3.48. The maximum absolute atomic E-state index is 6.28. The van der Waals surface area contributed by atoms with Gasteiger partial charge in [0.2, 0.25) is 0 Å². The van der Waals surface area contributed by atoms with Crippen LogP contribution in [0.15, 0.2) is 41.1 Å². The minimum Gasteiger partial charge on any atom is -0.369 e. The number of hydrogen-bond donors (Lipinski definition) is 1. The van der Waals surface area contributed by atoms with Gasteiger partial charge in [0, 0.05) is 39.6 Å². The maximum atomic E-state index is 6.28. The number of anilines is 1. The highest BCUT2D eigenvalue weighted by Crippen LogP contribution is 2.36. The molecule has 3 aromatic rings. The van der Waals surface area contributed by atoms with Gasteiger partial charge in [0.15, 0.2) is 0 Å². The van der Waals surface area contributed by atoms with E-state index in [9.17, 15) is 0 Å². The van der Waals surface area contributed by atoms with Gasteiger partial charge in [-0.1, -0.05) is 17.7 Å². The number of rotatable bonds is 2. The molecule has 1 aliphatic rings. The largest absolute Gasteiger partial charge is 0.369 e. The van der Waals surface area contributed by atoms with Gasteiger partial charge in [0.1, 0.15) is 5.82 Å². The quantitative estimate of drug-likeness (QED) is 0.695. The van der Waals surface area contributed by atoms with Crippen LogP contribution in [0, 0.1) is 6.92 Å². The van der Waals surface area contributed by atoms with Gasteiger partial charge in [-0.3, -0.25) is 4.98 Å². The van der Waals surface area contributed by atoms with Crippen molar-refractivity contribution in [2.24, 2.45) is 0 Å². The van der Waals surface area contributed by atoms with Crippen molar-refractivity contribution in [1.82, 2.24) is 14.8 Å². The summed E-state index contributed by atoms with van der Waals surface area (Å²) in [6.07, 6.45) is 4.58. The van der Waals surface area contributed by atoms with Crippen molar-refractivity contribution in [3.8, 4) is 16.9 Å². The van der Waals surface area contributed by atoms with Gasteiger partial charge in [0.05, 0.1) is 11.4 Å². The minimum atomic E-state index is 0.746. The zero-order chi connectivity index (χ0) is 16.0. The number of pyridine rings is 1. The topological polar surface area (TPSA) is 42.7 Å². The average Bonchev–Trinajstić information content (AvgIpc) is 3.12. The van der Waals surface area contributed by atoms with Crippen molar-refractivity contribution in [1.29, 1.82) is 0 Å². The average molecular weight is 390 g/mol. The van der Waals surface area contributed by atoms with Crippen molar-refractivity contribution >= 4 is 33.3 Å². The summed E-state index contributed by atoms with van der Waals surface area (Å²) < 4.78 is 2.91. The summed E-state index contributed by atoms with van der Waals surface area (Å²) in [6, 6.07) is 7.94. The summed E-state index contributed by atoms with van der Waals surface area (Å²) >= 11 is 9.76. The molecular weight excluding hydrogens is 376 g/mol. The molecule has 0 spiro atoms. The van der Waals surface area contributed by atoms with Crippen molar-refractivity contribution in [2.45, 2.75) is 13.3 Å². The molecule has 3 heterocycles. The molecule has 0 bridgehead atoms. The summed E-state index contributed by atoms with van der Waals surface area (Å²) in [5.41, 5.74) is 5.23.